The van der Waals surface area contributed by atoms with Crippen LogP contribution in [0.1, 0.15) is 50.0 Å². The summed E-state index contributed by atoms with van der Waals surface area (Å²) in [5.41, 5.74) is 1.65. The monoisotopic (exact) mass is 358 g/mol. The number of likely N-dealkylation sites (tertiary alicyclic amines) is 2. The summed E-state index contributed by atoms with van der Waals surface area (Å²) < 4.78 is 4.63. The number of hydrogen-bond donors (Lipinski definition) is 0. The van der Waals surface area contributed by atoms with E-state index in [2.05, 4.69) is 47.0 Å². The summed E-state index contributed by atoms with van der Waals surface area (Å²) in [5, 5.41) is 0. The summed E-state index contributed by atoms with van der Waals surface area (Å²) in [5.74, 6) is 0.516. The Bertz CT molecular complexity index is 623. The fraction of sp³-hybridized carbons (Fsp3) is 0.619. The lowest BCUT2D eigenvalue weighted by Crippen LogP contribution is -2.51. The number of benzene rings is 1. The molecule has 1 aromatic carbocycles. The van der Waals surface area contributed by atoms with Gasteiger partial charge in [-0.25, -0.2) is 0 Å². The predicted molar refractivity (Wildman–Crippen MR) is 101 cm³/mol. The fourth-order valence-electron chi connectivity index (χ4n) is 4.55. The van der Waals surface area contributed by atoms with Crippen molar-refractivity contribution in [3.05, 3.63) is 35.9 Å². The van der Waals surface area contributed by atoms with Crippen LogP contribution in [0.3, 0.4) is 0 Å². The number of rotatable bonds is 5. The molecule has 0 aromatic heterocycles. The smallest absolute Gasteiger partial charge is 0.305 e. The summed E-state index contributed by atoms with van der Waals surface area (Å²) in [6.07, 6.45) is 4.58. The van der Waals surface area contributed by atoms with Gasteiger partial charge in [0.15, 0.2) is 0 Å². The van der Waals surface area contributed by atoms with Gasteiger partial charge in [-0.15, -0.1) is 0 Å². The van der Waals surface area contributed by atoms with Crippen LogP contribution in [0.25, 0.3) is 0 Å². The number of hydrogen-bond acceptors (Lipinski definition) is 4. The maximum atomic E-state index is 12.4. The molecule has 0 aliphatic carbocycles. The molecule has 0 N–H and O–H groups in total. The van der Waals surface area contributed by atoms with E-state index < -0.39 is 0 Å². The van der Waals surface area contributed by atoms with E-state index in [1.165, 1.54) is 19.1 Å². The van der Waals surface area contributed by atoms with Crippen LogP contribution in [-0.2, 0) is 14.3 Å². The second kappa shape index (κ2) is 8.21. The zero-order chi connectivity index (χ0) is 18.6. The van der Waals surface area contributed by atoms with Gasteiger partial charge >= 0.3 is 5.97 Å². The first kappa shape index (κ1) is 18.9. The van der Waals surface area contributed by atoms with Crippen molar-refractivity contribution in [1.29, 1.82) is 0 Å². The van der Waals surface area contributed by atoms with Crippen LogP contribution >= 0.6 is 0 Å². The van der Waals surface area contributed by atoms with Gasteiger partial charge in [0.05, 0.1) is 7.11 Å². The van der Waals surface area contributed by atoms with Crippen LogP contribution in [0.5, 0.6) is 0 Å². The van der Waals surface area contributed by atoms with E-state index in [1.54, 1.807) is 0 Å². The Morgan fingerprint density at radius 2 is 1.85 bits per heavy atom. The highest BCUT2D eigenvalue weighted by Crippen LogP contribution is 2.43. The van der Waals surface area contributed by atoms with E-state index in [9.17, 15) is 9.59 Å². The molecule has 2 heterocycles. The molecule has 5 nitrogen and oxygen atoms in total. The third kappa shape index (κ3) is 4.09. The first-order valence-electron chi connectivity index (χ1n) is 9.65. The molecule has 5 heteroatoms. The summed E-state index contributed by atoms with van der Waals surface area (Å²) in [6, 6.07) is 10.8. The minimum absolute atomic E-state index is 0.170. The summed E-state index contributed by atoms with van der Waals surface area (Å²) in [6.45, 7) is 2.74. The minimum Gasteiger partial charge on any atom is -0.469 e. The molecule has 1 atom stereocenters. The number of amides is 1. The molecule has 26 heavy (non-hydrogen) atoms. The van der Waals surface area contributed by atoms with Crippen LogP contribution < -0.4 is 0 Å². The van der Waals surface area contributed by atoms with Gasteiger partial charge in [0, 0.05) is 38.0 Å². The van der Waals surface area contributed by atoms with Gasteiger partial charge in [-0.1, -0.05) is 30.3 Å². The molecule has 142 valence electrons. The molecule has 1 aromatic rings. The Hall–Kier alpha value is -1.88. The van der Waals surface area contributed by atoms with Crippen LogP contribution in [0.4, 0.5) is 0 Å². The molecule has 2 saturated heterocycles. The topological polar surface area (TPSA) is 49.9 Å². The zero-order valence-corrected chi connectivity index (χ0v) is 15.9. The molecule has 0 saturated carbocycles. The quantitative estimate of drug-likeness (QED) is 0.760. The van der Waals surface area contributed by atoms with Gasteiger partial charge in [-0.05, 0) is 44.2 Å². The second-order valence-electron chi connectivity index (χ2n) is 7.73. The van der Waals surface area contributed by atoms with Crippen molar-refractivity contribution in [1.82, 2.24) is 9.80 Å². The highest BCUT2D eigenvalue weighted by atomic mass is 16.5. The maximum absolute atomic E-state index is 12.4. The van der Waals surface area contributed by atoms with Crippen LogP contribution in [0.2, 0.25) is 0 Å². The molecule has 2 aliphatic rings. The van der Waals surface area contributed by atoms with Crippen molar-refractivity contribution in [2.45, 2.75) is 50.0 Å². The van der Waals surface area contributed by atoms with Crippen molar-refractivity contribution in [3.63, 3.8) is 0 Å². The van der Waals surface area contributed by atoms with Crippen LogP contribution in [0, 0.1) is 0 Å². The van der Waals surface area contributed by atoms with Crippen LogP contribution in [0.15, 0.2) is 30.3 Å². The van der Waals surface area contributed by atoms with E-state index >= 15 is 0 Å². The van der Waals surface area contributed by atoms with Gasteiger partial charge < -0.3 is 9.64 Å². The van der Waals surface area contributed by atoms with Crippen molar-refractivity contribution in [2.75, 3.05) is 33.8 Å². The Labute approximate surface area is 156 Å². The van der Waals surface area contributed by atoms with E-state index in [0.717, 1.165) is 32.5 Å². The second-order valence-corrected chi connectivity index (χ2v) is 7.73. The SMILES string of the molecule is COC(=O)CCCC(=O)N1CCC2(CC1)C[C@@H](c1ccccc1)CN2C. The number of ether oxygens (including phenoxy) is 1. The average Bonchev–Trinajstić information content (AvgIpc) is 2.99. The lowest BCUT2D eigenvalue weighted by atomic mass is 9.81. The van der Waals surface area contributed by atoms with Gasteiger partial charge in [0.1, 0.15) is 0 Å². The molecule has 0 radical (unpaired) electrons. The lowest BCUT2D eigenvalue weighted by Gasteiger charge is -2.43. The number of carbonyl (C=O) groups excluding carboxylic acids is 2. The van der Waals surface area contributed by atoms with Gasteiger partial charge in [0.25, 0.3) is 0 Å². The Morgan fingerprint density at radius 1 is 1.15 bits per heavy atom. The number of carbonyl (C=O) groups is 2. The molecule has 1 spiro atoms. The third-order valence-electron chi connectivity index (χ3n) is 6.25. The van der Waals surface area contributed by atoms with Gasteiger partial charge in [-0.2, -0.15) is 0 Å². The van der Waals surface area contributed by atoms with Crippen molar-refractivity contribution < 1.29 is 14.3 Å². The summed E-state index contributed by atoms with van der Waals surface area (Å²) in [7, 11) is 3.62. The third-order valence-corrected chi connectivity index (χ3v) is 6.25. The molecule has 2 aliphatic heterocycles. The number of methoxy groups -OCH3 is 1. The predicted octanol–water partition coefficient (Wildman–Crippen LogP) is 2.81. The lowest BCUT2D eigenvalue weighted by molar-refractivity contribution is -0.141. The largest absolute Gasteiger partial charge is 0.469 e. The van der Waals surface area contributed by atoms with Crippen molar-refractivity contribution in [2.24, 2.45) is 0 Å². The summed E-state index contributed by atoms with van der Waals surface area (Å²) in [4.78, 5) is 28.1. The summed E-state index contributed by atoms with van der Waals surface area (Å²) >= 11 is 0. The molecule has 3 rings (SSSR count). The first-order valence-corrected chi connectivity index (χ1v) is 9.65. The normalized spacial score (nSPS) is 22.5. The number of piperidine rings is 1. The highest BCUT2D eigenvalue weighted by Gasteiger charge is 2.46. The Balaban J connectivity index is 1.51. The van der Waals surface area contributed by atoms with Crippen molar-refractivity contribution >= 4 is 11.9 Å². The molecule has 0 unspecified atom stereocenters. The van der Waals surface area contributed by atoms with Gasteiger partial charge in [0.2, 0.25) is 5.91 Å². The molecule has 0 bridgehead atoms. The number of nitrogens with zero attached hydrogens (tertiary/aromatic N) is 2. The van der Waals surface area contributed by atoms with Crippen LogP contribution in [-0.4, -0.2) is 61.0 Å². The fourth-order valence-corrected chi connectivity index (χ4v) is 4.55. The van der Waals surface area contributed by atoms with Crippen molar-refractivity contribution in [3.8, 4) is 0 Å². The molecule has 1 amide bonds. The van der Waals surface area contributed by atoms with E-state index in [4.69, 9.17) is 0 Å². The van der Waals surface area contributed by atoms with E-state index in [-0.39, 0.29) is 17.4 Å². The maximum Gasteiger partial charge on any atom is 0.305 e. The molecule has 2 fully saturated rings. The van der Waals surface area contributed by atoms with Gasteiger partial charge in [-0.3, -0.25) is 14.5 Å². The average molecular weight is 358 g/mol. The number of esters is 1. The molecular weight excluding hydrogens is 328 g/mol. The van der Waals surface area contributed by atoms with E-state index in [1.807, 2.05) is 4.90 Å². The zero-order valence-electron chi connectivity index (χ0n) is 15.9. The first-order chi connectivity index (χ1) is 12.5. The Morgan fingerprint density at radius 3 is 2.50 bits per heavy atom. The minimum atomic E-state index is -0.241. The highest BCUT2D eigenvalue weighted by molar-refractivity contribution is 5.77. The standard InChI is InChI=1S/C21H30N2O3/c1-22-16-18(17-7-4-3-5-8-17)15-21(22)11-13-23(14-12-21)19(24)9-6-10-20(25)26-2/h3-5,7-8,18H,6,9-16H2,1-2H3/t18-/m1/s1. The van der Waals surface area contributed by atoms with E-state index in [0.29, 0.717) is 25.2 Å². The molecular formula is C21H30N2O3. The Kier molecular flexibility index (Phi) is 5.97. The number of likely N-dealkylation sites (N-methyl/N-ethyl adjacent to an activating group) is 1.